The zero-order valence-electron chi connectivity index (χ0n) is 12.2. The average Bonchev–Trinajstić information content (AvgIpc) is 2.54. The number of β-lactam (4-membered cyclic amide) rings is 1. The van der Waals surface area contributed by atoms with E-state index in [1.54, 1.807) is 42.5 Å². The van der Waals surface area contributed by atoms with Crippen molar-refractivity contribution in [2.45, 2.75) is 19.0 Å². The lowest BCUT2D eigenvalue weighted by molar-refractivity contribution is -0.126. The molecule has 1 aliphatic heterocycles. The van der Waals surface area contributed by atoms with Gasteiger partial charge in [0, 0.05) is 11.3 Å². The van der Waals surface area contributed by atoms with E-state index in [9.17, 15) is 9.18 Å². The maximum absolute atomic E-state index is 14.0. The maximum Gasteiger partial charge on any atom is 0.247 e. The van der Waals surface area contributed by atoms with Crippen molar-refractivity contribution in [2.75, 3.05) is 11.5 Å². The Hall–Kier alpha value is -2.40. The minimum Gasteiger partial charge on any atom is -0.494 e. The van der Waals surface area contributed by atoms with Crippen LogP contribution >= 0.6 is 0 Å². The Kier molecular flexibility index (Phi) is 3.81. The maximum atomic E-state index is 14.0. The van der Waals surface area contributed by atoms with Gasteiger partial charge in [0.05, 0.1) is 12.6 Å². The van der Waals surface area contributed by atoms with Crippen molar-refractivity contribution < 1.29 is 13.9 Å². The Morgan fingerprint density at radius 2 is 1.86 bits per heavy atom. The molecule has 0 aliphatic carbocycles. The molecule has 2 atom stereocenters. The molecule has 0 bridgehead atoms. The second-order valence-corrected chi connectivity index (χ2v) is 5.13. The van der Waals surface area contributed by atoms with Gasteiger partial charge in [0.1, 0.15) is 17.6 Å². The van der Waals surface area contributed by atoms with E-state index in [1.807, 2.05) is 6.92 Å². The summed E-state index contributed by atoms with van der Waals surface area (Å²) in [5, 5.41) is 0. The molecular weight excluding hydrogens is 283 g/mol. The highest BCUT2D eigenvalue weighted by Crippen LogP contribution is 2.39. The number of benzene rings is 2. The molecular formula is C17H17FN2O2. The summed E-state index contributed by atoms with van der Waals surface area (Å²) >= 11 is 0. The van der Waals surface area contributed by atoms with Gasteiger partial charge in [-0.1, -0.05) is 18.2 Å². The Bertz CT molecular complexity index is 687. The molecule has 22 heavy (non-hydrogen) atoms. The quantitative estimate of drug-likeness (QED) is 0.883. The number of nitrogens with zero attached hydrogens (tertiary/aromatic N) is 1. The summed E-state index contributed by atoms with van der Waals surface area (Å²) in [6, 6.07) is 12.3. The third kappa shape index (κ3) is 2.33. The summed E-state index contributed by atoms with van der Waals surface area (Å²) in [5.74, 6) is 0.162. The summed E-state index contributed by atoms with van der Waals surface area (Å²) in [6.45, 7) is 2.48. The Morgan fingerprint density at radius 3 is 2.50 bits per heavy atom. The number of amides is 1. The zero-order valence-corrected chi connectivity index (χ0v) is 12.2. The molecule has 4 nitrogen and oxygen atoms in total. The van der Waals surface area contributed by atoms with Crippen LogP contribution in [0.3, 0.4) is 0 Å². The molecule has 1 fully saturated rings. The molecule has 1 heterocycles. The van der Waals surface area contributed by atoms with Gasteiger partial charge in [-0.2, -0.15) is 0 Å². The molecule has 1 aliphatic rings. The lowest BCUT2D eigenvalue weighted by atomic mass is 9.88. The number of nitrogens with two attached hydrogens (primary N) is 1. The fourth-order valence-corrected chi connectivity index (χ4v) is 2.72. The highest BCUT2D eigenvalue weighted by atomic mass is 19.1. The third-order valence-electron chi connectivity index (χ3n) is 3.79. The van der Waals surface area contributed by atoms with Crippen LogP contribution < -0.4 is 15.4 Å². The van der Waals surface area contributed by atoms with Gasteiger partial charge in [-0.3, -0.25) is 4.79 Å². The number of anilines is 1. The second-order valence-electron chi connectivity index (χ2n) is 5.13. The number of rotatable bonds is 4. The van der Waals surface area contributed by atoms with Crippen molar-refractivity contribution in [1.82, 2.24) is 0 Å². The Labute approximate surface area is 128 Å². The molecule has 0 spiro atoms. The fraction of sp³-hybridized carbons (Fsp3) is 0.235. The predicted octanol–water partition coefficient (Wildman–Crippen LogP) is 2.64. The molecule has 1 amide bonds. The van der Waals surface area contributed by atoms with Gasteiger partial charge in [0.2, 0.25) is 5.91 Å². The van der Waals surface area contributed by atoms with Gasteiger partial charge in [0.25, 0.3) is 0 Å². The number of carbonyl (C=O) groups is 1. The molecule has 5 heteroatoms. The molecule has 0 saturated carbocycles. The van der Waals surface area contributed by atoms with Crippen LogP contribution in [0.4, 0.5) is 10.1 Å². The van der Waals surface area contributed by atoms with Crippen LogP contribution in [-0.2, 0) is 4.79 Å². The number of halogens is 1. The highest BCUT2D eigenvalue weighted by molar-refractivity contribution is 6.05. The van der Waals surface area contributed by atoms with Crippen molar-refractivity contribution in [3.05, 3.63) is 59.9 Å². The van der Waals surface area contributed by atoms with Crippen LogP contribution in [0.15, 0.2) is 48.5 Å². The second kappa shape index (κ2) is 5.77. The van der Waals surface area contributed by atoms with Crippen LogP contribution in [0.5, 0.6) is 5.75 Å². The van der Waals surface area contributed by atoms with Crippen molar-refractivity contribution in [2.24, 2.45) is 5.73 Å². The van der Waals surface area contributed by atoms with Gasteiger partial charge < -0.3 is 15.4 Å². The molecule has 1 saturated heterocycles. The van der Waals surface area contributed by atoms with E-state index < -0.39 is 12.1 Å². The van der Waals surface area contributed by atoms with E-state index in [0.29, 0.717) is 17.9 Å². The first-order chi connectivity index (χ1) is 10.6. The molecule has 0 radical (unpaired) electrons. The van der Waals surface area contributed by atoms with E-state index in [1.165, 1.54) is 11.0 Å². The minimum absolute atomic E-state index is 0.211. The van der Waals surface area contributed by atoms with Crippen LogP contribution in [0.1, 0.15) is 18.5 Å². The summed E-state index contributed by atoms with van der Waals surface area (Å²) in [4.78, 5) is 13.6. The molecule has 3 rings (SSSR count). The van der Waals surface area contributed by atoms with E-state index in [0.717, 1.165) is 5.75 Å². The molecule has 2 aromatic rings. The Balaban J connectivity index is 1.91. The van der Waals surface area contributed by atoms with Gasteiger partial charge in [-0.15, -0.1) is 0 Å². The first-order valence-corrected chi connectivity index (χ1v) is 7.19. The van der Waals surface area contributed by atoms with E-state index in [-0.39, 0.29) is 11.7 Å². The van der Waals surface area contributed by atoms with Gasteiger partial charge in [0.15, 0.2) is 0 Å². The average molecular weight is 300 g/mol. The summed E-state index contributed by atoms with van der Waals surface area (Å²) in [7, 11) is 0. The van der Waals surface area contributed by atoms with E-state index >= 15 is 0 Å². The van der Waals surface area contributed by atoms with Gasteiger partial charge in [-0.25, -0.2) is 4.39 Å². The molecule has 0 aromatic heterocycles. The van der Waals surface area contributed by atoms with Gasteiger partial charge in [-0.05, 0) is 37.3 Å². The number of carbonyl (C=O) groups excluding carboxylic acids is 1. The van der Waals surface area contributed by atoms with Gasteiger partial charge >= 0.3 is 0 Å². The SMILES string of the molecule is CCOc1ccc(N2C(=O)[C@H](N)[C@@H]2c2ccccc2F)cc1. The molecule has 2 N–H and O–H groups in total. The largest absolute Gasteiger partial charge is 0.494 e. The summed E-state index contributed by atoms with van der Waals surface area (Å²) in [5.41, 5.74) is 7.01. The van der Waals surface area contributed by atoms with Crippen molar-refractivity contribution >= 4 is 11.6 Å². The highest BCUT2D eigenvalue weighted by Gasteiger charge is 2.47. The lowest BCUT2D eigenvalue weighted by Crippen LogP contribution is -2.63. The first kappa shape index (κ1) is 14.5. The number of hydrogen-bond acceptors (Lipinski definition) is 3. The normalized spacial score (nSPS) is 20.7. The van der Waals surface area contributed by atoms with Crippen molar-refractivity contribution in [1.29, 1.82) is 0 Å². The standard InChI is InChI=1S/C17H17FN2O2/c1-2-22-12-9-7-11(8-10-12)20-16(15(19)17(20)21)13-5-3-4-6-14(13)18/h3-10,15-16H,2,19H2,1H3/t15-,16+/m1/s1. The van der Waals surface area contributed by atoms with E-state index in [4.69, 9.17) is 10.5 Å². The van der Waals surface area contributed by atoms with Crippen LogP contribution in [-0.4, -0.2) is 18.6 Å². The summed E-state index contributed by atoms with van der Waals surface area (Å²) in [6.07, 6.45) is 0. The van der Waals surface area contributed by atoms with Crippen LogP contribution in [0, 0.1) is 5.82 Å². The minimum atomic E-state index is -0.719. The topological polar surface area (TPSA) is 55.6 Å². The summed E-state index contributed by atoms with van der Waals surface area (Å²) < 4.78 is 19.4. The smallest absolute Gasteiger partial charge is 0.247 e. The Morgan fingerprint density at radius 1 is 1.18 bits per heavy atom. The van der Waals surface area contributed by atoms with Crippen molar-refractivity contribution in [3.63, 3.8) is 0 Å². The molecule has 114 valence electrons. The number of hydrogen-bond donors (Lipinski definition) is 1. The number of ether oxygens (including phenoxy) is 1. The van der Waals surface area contributed by atoms with Crippen LogP contribution in [0.2, 0.25) is 0 Å². The van der Waals surface area contributed by atoms with Crippen LogP contribution in [0.25, 0.3) is 0 Å². The lowest BCUT2D eigenvalue weighted by Gasteiger charge is -2.45. The third-order valence-corrected chi connectivity index (χ3v) is 3.79. The molecule has 2 aromatic carbocycles. The predicted molar refractivity (Wildman–Crippen MR) is 82.2 cm³/mol. The monoisotopic (exact) mass is 300 g/mol. The zero-order chi connectivity index (χ0) is 15.7. The fourth-order valence-electron chi connectivity index (χ4n) is 2.72. The van der Waals surface area contributed by atoms with Crippen molar-refractivity contribution in [3.8, 4) is 5.75 Å². The molecule has 0 unspecified atom stereocenters. The first-order valence-electron chi connectivity index (χ1n) is 7.19. The van der Waals surface area contributed by atoms with E-state index in [2.05, 4.69) is 0 Å².